The number of carbonyl (C=O) groups is 1. The van der Waals surface area contributed by atoms with E-state index in [-0.39, 0.29) is 6.09 Å². The Bertz CT molecular complexity index is 416. The normalized spacial score (nSPS) is 24.6. The summed E-state index contributed by atoms with van der Waals surface area (Å²) in [4.78, 5) is 13.2. The van der Waals surface area contributed by atoms with Crippen LogP contribution in [0, 0.1) is 0 Å². The molecule has 0 aromatic heterocycles. The summed E-state index contributed by atoms with van der Waals surface area (Å²) >= 11 is 0. The molecule has 1 heterocycles. The molecule has 2 rings (SSSR count). The quantitative estimate of drug-likeness (QED) is 0.849. The number of hydrogen-bond acceptors (Lipinski definition) is 3. The summed E-state index contributed by atoms with van der Waals surface area (Å²) in [6, 6.07) is 7.93. The number of amides is 1. The van der Waals surface area contributed by atoms with E-state index < -0.39 is 5.60 Å². The molecule has 4 heteroatoms. The van der Waals surface area contributed by atoms with Crippen LogP contribution in [0.15, 0.2) is 24.3 Å². The fourth-order valence-electron chi connectivity index (χ4n) is 1.99. The van der Waals surface area contributed by atoms with E-state index in [1.807, 2.05) is 31.2 Å². The third-order valence-corrected chi connectivity index (χ3v) is 3.35. The second kappa shape index (κ2) is 4.37. The fourth-order valence-corrected chi connectivity index (χ4v) is 1.99. The Morgan fingerprint density at radius 3 is 2.59 bits per heavy atom. The first-order chi connectivity index (χ1) is 8.05. The van der Waals surface area contributed by atoms with Crippen LogP contribution in [0.3, 0.4) is 0 Å². The van der Waals surface area contributed by atoms with Crippen LogP contribution in [0.25, 0.3) is 0 Å². The first kappa shape index (κ1) is 11.9. The average molecular weight is 234 g/mol. The number of benzene rings is 1. The molecule has 1 aromatic carbocycles. The van der Waals surface area contributed by atoms with Crippen molar-refractivity contribution in [3.05, 3.63) is 35.4 Å². The lowest BCUT2D eigenvalue weighted by Gasteiger charge is -2.37. The van der Waals surface area contributed by atoms with Gasteiger partial charge in [-0.05, 0) is 18.1 Å². The van der Waals surface area contributed by atoms with Gasteiger partial charge >= 0.3 is 6.09 Å². The highest BCUT2D eigenvalue weighted by molar-refractivity contribution is 5.68. The van der Waals surface area contributed by atoms with Crippen LogP contribution in [-0.4, -0.2) is 24.6 Å². The molecule has 92 valence electrons. The topological polar surface area (TPSA) is 55.6 Å². The maximum absolute atomic E-state index is 11.6. The van der Waals surface area contributed by atoms with Crippen molar-refractivity contribution in [3.8, 4) is 0 Å². The summed E-state index contributed by atoms with van der Waals surface area (Å²) in [6.45, 7) is 3.20. The van der Waals surface area contributed by atoms with Crippen LogP contribution in [0.1, 0.15) is 24.5 Å². The van der Waals surface area contributed by atoms with E-state index >= 15 is 0 Å². The van der Waals surface area contributed by atoms with Crippen LogP contribution in [0.4, 0.5) is 4.79 Å². The molecule has 1 unspecified atom stereocenters. The van der Waals surface area contributed by atoms with Gasteiger partial charge in [0.2, 0.25) is 0 Å². The molecule has 0 spiro atoms. The molecule has 1 aliphatic rings. The van der Waals surface area contributed by atoms with Crippen molar-refractivity contribution in [1.29, 1.82) is 0 Å². The zero-order chi connectivity index (χ0) is 12.5. The number of nitrogens with zero attached hydrogens (tertiary/aromatic N) is 1. The van der Waals surface area contributed by atoms with Gasteiger partial charge in [0, 0.05) is 26.6 Å². The summed E-state index contributed by atoms with van der Waals surface area (Å²) in [5.74, 6) is 0. The number of carbonyl (C=O) groups excluding carboxylic acids is 1. The molecule has 1 fully saturated rings. The van der Waals surface area contributed by atoms with Crippen molar-refractivity contribution < 1.29 is 9.53 Å². The second-order valence-corrected chi connectivity index (χ2v) is 4.67. The molecule has 1 aromatic rings. The lowest BCUT2D eigenvalue weighted by molar-refractivity contribution is -0.0350. The molecule has 1 aliphatic heterocycles. The number of rotatable bonds is 2. The van der Waals surface area contributed by atoms with Crippen LogP contribution >= 0.6 is 0 Å². The molecule has 1 atom stereocenters. The Balaban J connectivity index is 2.22. The fraction of sp³-hybridized carbons (Fsp3) is 0.462. The monoisotopic (exact) mass is 234 g/mol. The van der Waals surface area contributed by atoms with Crippen LogP contribution in [-0.2, 0) is 16.9 Å². The van der Waals surface area contributed by atoms with Gasteiger partial charge in [-0.1, -0.05) is 24.3 Å². The molecule has 4 nitrogen and oxygen atoms in total. The summed E-state index contributed by atoms with van der Waals surface area (Å²) in [5, 5.41) is 0. The first-order valence-corrected chi connectivity index (χ1v) is 5.79. The SMILES string of the molecule is CN1CCC(C)(c2ccc(CN)cc2)OC1=O. The van der Waals surface area contributed by atoms with Crippen LogP contribution < -0.4 is 5.73 Å². The predicted molar refractivity (Wildman–Crippen MR) is 65.4 cm³/mol. The third-order valence-electron chi connectivity index (χ3n) is 3.35. The van der Waals surface area contributed by atoms with Gasteiger partial charge in [0.15, 0.2) is 0 Å². The Morgan fingerprint density at radius 2 is 2.06 bits per heavy atom. The van der Waals surface area contributed by atoms with E-state index in [0.717, 1.165) is 17.5 Å². The van der Waals surface area contributed by atoms with Crippen molar-refractivity contribution in [1.82, 2.24) is 4.90 Å². The Labute approximate surface area is 101 Å². The van der Waals surface area contributed by atoms with E-state index in [1.54, 1.807) is 11.9 Å². The third kappa shape index (κ3) is 2.26. The minimum Gasteiger partial charge on any atom is -0.438 e. The van der Waals surface area contributed by atoms with E-state index in [4.69, 9.17) is 10.5 Å². The largest absolute Gasteiger partial charge is 0.438 e. The second-order valence-electron chi connectivity index (χ2n) is 4.67. The van der Waals surface area contributed by atoms with Crippen molar-refractivity contribution in [2.75, 3.05) is 13.6 Å². The molecular formula is C13H18N2O2. The summed E-state index contributed by atoms with van der Waals surface area (Å²) in [6.07, 6.45) is 0.540. The minimum atomic E-state index is -0.517. The van der Waals surface area contributed by atoms with Crippen molar-refractivity contribution in [2.24, 2.45) is 5.73 Å². The highest BCUT2D eigenvalue weighted by Crippen LogP contribution is 2.33. The Hall–Kier alpha value is -1.55. The number of hydrogen-bond donors (Lipinski definition) is 1. The van der Waals surface area contributed by atoms with E-state index in [2.05, 4.69) is 0 Å². The van der Waals surface area contributed by atoms with Crippen molar-refractivity contribution in [2.45, 2.75) is 25.5 Å². The highest BCUT2D eigenvalue weighted by Gasteiger charge is 2.36. The summed E-state index contributed by atoms with van der Waals surface area (Å²) in [7, 11) is 1.75. The van der Waals surface area contributed by atoms with E-state index in [1.165, 1.54) is 0 Å². The number of cyclic esters (lactones) is 1. The van der Waals surface area contributed by atoms with E-state index in [0.29, 0.717) is 13.1 Å². The minimum absolute atomic E-state index is 0.262. The first-order valence-electron chi connectivity index (χ1n) is 5.79. The number of ether oxygens (including phenoxy) is 1. The Morgan fingerprint density at radius 1 is 1.41 bits per heavy atom. The predicted octanol–water partition coefficient (Wildman–Crippen LogP) is 1.83. The number of nitrogens with two attached hydrogens (primary N) is 1. The van der Waals surface area contributed by atoms with Gasteiger partial charge in [-0.25, -0.2) is 4.79 Å². The molecule has 1 amide bonds. The lowest BCUT2D eigenvalue weighted by Crippen LogP contribution is -2.44. The van der Waals surface area contributed by atoms with Gasteiger partial charge in [0.1, 0.15) is 5.60 Å². The molecule has 0 saturated carbocycles. The molecular weight excluding hydrogens is 216 g/mol. The molecule has 17 heavy (non-hydrogen) atoms. The van der Waals surface area contributed by atoms with Crippen molar-refractivity contribution in [3.63, 3.8) is 0 Å². The zero-order valence-corrected chi connectivity index (χ0v) is 10.3. The van der Waals surface area contributed by atoms with Crippen LogP contribution in [0.5, 0.6) is 0 Å². The zero-order valence-electron chi connectivity index (χ0n) is 10.3. The lowest BCUT2D eigenvalue weighted by atomic mass is 9.90. The van der Waals surface area contributed by atoms with Gasteiger partial charge in [0.05, 0.1) is 0 Å². The average Bonchev–Trinajstić information content (AvgIpc) is 2.34. The molecule has 0 aliphatic carbocycles. The summed E-state index contributed by atoms with van der Waals surface area (Å²) < 4.78 is 5.50. The van der Waals surface area contributed by atoms with Gasteiger partial charge in [-0.15, -0.1) is 0 Å². The van der Waals surface area contributed by atoms with Crippen LogP contribution in [0.2, 0.25) is 0 Å². The van der Waals surface area contributed by atoms with Crippen molar-refractivity contribution >= 4 is 6.09 Å². The van der Waals surface area contributed by atoms with Gasteiger partial charge in [-0.3, -0.25) is 0 Å². The molecule has 1 saturated heterocycles. The standard InChI is InChI=1S/C13H18N2O2/c1-13(7-8-15(2)12(16)17-13)11-5-3-10(9-14)4-6-11/h3-6H,7-9,14H2,1-2H3. The summed E-state index contributed by atoms with van der Waals surface area (Å²) in [5.41, 5.74) is 7.15. The molecule has 2 N–H and O–H groups in total. The molecule has 0 radical (unpaired) electrons. The van der Waals surface area contributed by atoms with E-state index in [9.17, 15) is 4.79 Å². The van der Waals surface area contributed by atoms with Gasteiger partial charge in [0.25, 0.3) is 0 Å². The maximum Gasteiger partial charge on any atom is 0.410 e. The Kier molecular flexibility index (Phi) is 3.07. The smallest absolute Gasteiger partial charge is 0.410 e. The van der Waals surface area contributed by atoms with Gasteiger partial charge in [-0.2, -0.15) is 0 Å². The van der Waals surface area contributed by atoms with Gasteiger partial charge < -0.3 is 15.4 Å². The maximum atomic E-state index is 11.6. The highest BCUT2D eigenvalue weighted by atomic mass is 16.6. The molecule has 0 bridgehead atoms.